The van der Waals surface area contributed by atoms with Crippen molar-refractivity contribution in [3.05, 3.63) is 58.6 Å². The van der Waals surface area contributed by atoms with E-state index in [0.717, 1.165) is 24.2 Å². The molecule has 136 valence electrons. The van der Waals surface area contributed by atoms with Gasteiger partial charge in [-0.15, -0.1) is 0 Å². The van der Waals surface area contributed by atoms with E-state index >= 15 is 0 Å². The number of carbonyl (C=O) groups excluding carboxylic acids is 2. The number of rotatable bonds is 6. The summed E-state index contributed by atoms with van der Waals surface area (Å²) in [5.41, 5.74) is 1.80. The number of ether oxygens (including phenoxy) is 1. The Morgan fingerprint density at radius 3 is 2.54 bits per heavy atom. The van der Waals surface area contributed by atoms with Crippen molar-refractivity contribution in [3.8, 4) is 5.75 Å². The zero-order valence-electron chi connectivity index (χ0n) is 14.3. The summed E-state index contributed by atoms with van der Waals surface area (Å²) in [7, 11) is 1.60. The minimum absolute atomic E-state index is 0.222. The maximum absolute atomic E-state index is 12.2. The van der Waals surface area contributed by atoms with Gasteiger partial charge >= 0.3 is 6.03 Å². The summed E-state index contributed by atoms with van der Waals surface area (Å²) in [5.74, 6) is 0.538. The van der Waals surface area contributed by atoms with E-state index in [9.17, 15) is 9.59 Å². The number of amides is 3. The fourth-order valence-corrected chi connectivity index (χ4v) is 2.57. The molecule has 0 unspecified atom stereocenters. The summed E-state index contributed by atoms with van der Waals surface area (Å²) in [6.07, 6.45) is 1.99. The SMILES string of the molecule is COc1ccc(CNC(=O)Nc2ccc(Cl)c(C(=O)NC3CC3)c2)cc1. The van der Waals surface area contributed by atoms with E-state index in [-0.39, 0.29) is 18.0 Å². The van der Waals surface area contributed by atoms with Crippen LogP contribution in [0.1, 0.15) is 28.8 Å². The second-order valence-electron chi connectivity index (χ2n) is 6.10. The summed E-state index contributed by atoms with van der Waals surface area (Å²) < 4.78 is 5.10. The van der Waals surface area contributed by atoms with Crippen molar-refractivity contribution in [1.29, 1.82) is 0 Å². The standard InChI is InChI=1S/C19H20ClN3O3/c1-26-15-7-2-12(3-8-15)11-21-19(25)23-14-6-9-17(20)16(10-14)18(24)22-13-4-5-13/h2-3,6-10,13H,4-5,11H2,1H3,(H,22,24)(H2,21,23,25). The van der Waals surface area contributed by atoms with Crippen LogP contribution in [-0.2, 0) is 6.54 Å². The molecule has 3 N–H and O–H groups in total. The first-order chi connectivity index (χ1) is 12.5. The van der Waals surface area contributed by atoms with E-state index in [2.05, 4.69) is 16.0 Å². The monoisotopic (exact) mass is 373 g/mol. The molecule has 3 amide bonds. The molecular formula is C19H20ClN3O3. The van der Waals surface area contributed by atoms with Gasteiger partial charge in [0, 0.05) is 18.3 Å². The van der Waals surface area contributed by atoms with Gasteiger partial charge in [-0.1, -0.05) is 23.7 Å². The topological polar surface area (TPSA) is 79.5 Å². The molecule has 0 aliphatic heterocycles. The van der Waals surface area contributed by atoms with Gasteiger partial charge in [-0.25, -0.2) is 4.79 Å². The molecule has 1 aliphatic rings. The number of nitrogens with one attached hydrogen (secondary N) is 3. The lowest BCUT2D eigenvalue weighted by molar-refractivity contribution is 0.0951. The zero-order chi connectivity index (χ0) is 18.5. The van der Waals surface area contributed by atoms with Crippen LogP contribution < -0.4 is 20.7 Å². The van der Waals surface area contributed by atoms with Gasteiger partial charge in [0.25, 0.3) is 5.91 Å². The largest absolute Gasteiger partial charge is 0.497 e. The number of benzene rings is 2. The third-order valence-electron chi connectivity index (χ3n) is 3.99. The second kappa shape index (κ2) is 8.10. The molecule has 0 bridgehead atoms. The highest BCUT2D eigenvalue weighted by Crippen LogP contribution is 2.24. The molecule has 26 heavy (non-hydrogen) atoms. The number of hydrogen-bond acceptors (Lipinski definition) is 3. The van der Waals surface area contributed by atoms with Crippen molar-refractivity contribution in [2.75, 3.05) is 12.4 Å². The normalized spacial score (nSPS) is 13.0. The lowest BCUT2D eigenvalue weighted by atomic mass is 10.2. The Bertz CT molecular complexity index is 804. The number of carbonyl (C=O) groups is 2. The van der Waals surface area contributed by atoms with Crippen LogP contribution in [0, 0.1) is 0 Å². The summed E-state index contributed by atoms with van der Waals surface area (Å²) in [5, 5.41) is 8.72. The molecule has 0 spiro atoms. The van der Waals surface area contributed by atoms with E-state index in [1.165, 1.54) is 0 Å². The molecule has 1 fully saturated rings. The van der Waals surface area contributed by atoms with Crippen molar-refractivity contribution >= 4 is 29.2 Å². The average Bonchev–Trinajstić information content (AvgIpc) is 3.46. The first kappa shape index (κ1) is 18.1. The smallest absolute Gasteiger partial charge is 0.319 e. The Labute approximate surface area is 156 Å². The highest BCUT2D eigenvalue weighted by atomic mass is 35.5. The Kier molecular flexibility index (Phi) is 5.63. The van der Waals surface area contributed by atoms with Crippen molar-refractivity contribution in [2.24, 2.45) is 0 Å². The lowest BCUT2D eigenvalue weighted by Crippen LogP contribution is -2.29. The molecule has 0 atom stereocenters. The molecular weight excluding hydrogens is 354 g/mol. The van der Waals surface area contributed by atoms with Crippen LogP contribution in [0.2, 0.25) is 5.02 Å². The molecule has 1 saturated carbocycles. The van der Waals surface area contributed by atoms with E-state index in [1.807, 2.05) is 24.3 Å². The fourth-order valence-electron chi connectivity index (χ4n) is 2.37. The highest BCUT2D eigenvalue weighted by Gasteiger charge is 2.24. The summed E-state index contributed by atoms with van der Waals surface area (Å²) in [4.78, 5) is 24.3. The number of hydrogen-bond donors (Lipinski definition) is 3. The van der Waals surface area contributed by atoms with Gasteiger partial charge in [-0.3, -0.25) is 4.79 Å². The van der Waals surface area contributed by atoms with Crippen LogP contribution in [0.5, 0.6) is 5.75 Å². The van der Waals surface area contributed by atoms with Crippen LogP contribution in [0.3, 0.4) is 0 Å². The molecule has 2 aromatic carbocycles. The van der Waals surface area contributed by atoms with Gasteiger partial charge in [-0.2, -0.15) is 0 Å². The van der Waals surface area contributed by atoms with Gasteiger partial charge < -0.3 is 20.7 Å². The Hall–Kier alpha value is -2.73. The minimum Gasteiger partial charge on any atom is -0.497 e. The van der Waals surface area contributed by atoms with Crippen LogP contribution in [-0.4, -0.2) is 25.1 Å². The van der Waals surface area contributed by atoms with E-state index < -0.39 is 0 Å². The average molecular weight is 374 g/mol. The third kappa shape index (κ3) is 4.89. The van der Waals surface area contributed by atoms with Crippen molar-refractivity contribution in [3.63, 3.8) is 0 Å². The minimum atomic E-state index is -0.364. The Morgan fingerprint density at radius 2 is 1.88 bits per heavy atom. The summed E-state index contributed by atoms with van der Waals surface area (Å²) in [6.45, 7) is 0.373. The Morgan fingerprint density at radius 1 is 1.15 bits per heavy atom. The zero-order valence-corrected chi connectivity index (χ0v) is 15.1. The van der Waals surface area contributed by atoms with Crippen LogP contribution in [0.15, 0.2) is 42.5 Å². The number of urea groups is 1. The van der Waals surface area contributed by atoms with E-state index in [0.29, 0.717) is 22.8 Å². The van der Waals surface area contributed by atoms with Crippen molar-refractivity contribution in [1.82, 2.24) is 10.6 Å². The number of methoxy groups -OCH3 is 1. The quantitative estimate of drug-likeness (QED) is 0.724. The van der Waals surface area contributed by atoms with Gasteiger partial charge in [0.15, 0.2) is 0 Å². The van der Waals surface area contributed by atoms with Gasteiger partial charge in [0.05, 0.1) is 17.7 Å². The molecule has 3 rings (SSSR count). The van der Waals surface area contributed by atoms with Crippen molar-refractivity contribution < 1.29 is 14.3 Å². The molecule has 0 heterocycles. The van der Waals surface area contributed by atoms with Gasteiger partial charge in [0.1, 0.15) is 5.75 Å². The molecule has 0 radical (unpaired) electrons. The van der Waals surface area contributed by atoms with Gasteiger partial charge in [0.2, 0.25) is 0 Å². The first-order valence-electron chi connectivity index (χ1n) is 8.33. The van der Waals surface area contributed by atoms with E-state index in [4.69, 9.17) is 16.3 Å². The molecule has 1 aliphatic carbocycles. The number of halogens is 1. The maximum Gasteiger partial charge on any atom is 0.319 e. The van der Waals surface area contributed by atoms with Crippen molar-refractivity contribution in [2.45, 2.75) is 25.4 Å². The molecule has 6 nitrogen and oxygen atoms in total. The third-order valence-corrected chi connectivity index (χ3v) is 4.32. The molecule has 7 heteroatoms. The predicted octanol–water partition coefficient (Wildman–Crippen LogP) is 3.56. The fraction of sp³-hybridized carbons (Fsp3) is 0.263. The molecule has 0 aromatic heterocycles. The Balaban J connectivity index is 1.56. The lowest BCUT2D eigenvalue weighted by Gasteiger charge is -2.11. The molecule has 0 saturated heterocycles. The molecule has 2 aromatic rings. The van der Waals surface area contributed by atoms with Gasteiger partial charge in [-0.05, 0) is 48.7 Å². The summed E-state index contributed by atoms with van der Waals surface area (Å²) in [6, 6.07) is 12.1. The van der Waals surface area contributed by atoms with Crippen LogP contribution in [0.4, 0.5) is 10.5 Å². The maximum atomic E-state index is 12.2. The van der Waals surface area contributed by atoms with Crippen LogP contribution >= 0.6 is 11.6 Å². The first-order valence-corrected chi connectivity index (χ1v) is 8.71. The second-order valence-corrected chi connectivity index (χ2v) is 6.51. The van der Waals surface area contributed by atoms with E-state index in [1.54, 1.807) is 25.3 Å². The predicted molar refractivity (Wildman–Crippen MR) is 101 cm³/mol. The number of anilines is 1. The van der Waals surface area contributed by atoms with Crippen LogP contribution in [0.25, 0.3) is 0 Å². The highest BCUT2D eigenvalue weighted by molar-refractivity contribution is 6.34. The summed E-state index contributed by atoms with van der Waals surface area (Å²) >= 11 is 6.10.